The molecule has 0 bridgehead atoms. The minimum Gasteiger partial charge on any atom is -0.348 e. The fourth-order valence-electron chi connectivity index (χ4n) is 3.54. The average molecular weight is 313 g/mol. The van der Waals surface area contributed by atoms with Crippen LogP contribution in [0, 0.1) is 6.92 Å². The van der Waals surface area contributed by atoms with Gasteiger partial charge in [0.25, 0.3) is 5.91 Å². The van der Waals surface area contributed by atoms with Crippen molar-refractivity contribution in [2.45, 2.75) is 71.3 Å². The van der Waals surface area contributed by atoms with Crippen molar-refractivity contribution in [2.75, 3.05) is 0 Å². The van der Waals surface area contributed by atoms with Gasteiger partial charge < -0.3 is 5.32 Å². The normalized spacial score (nSPS) is 17.0. The Morgan fingerprint density at radius 3 is 2.65 bits per heavy atom. The van der Waals surface area contributed by atoms with Crippen LogP contribution in [0.1, 0.15) is 73.6 Å². The highest BCUT2D eigenvalue weighted by atomic mass is 16.2. The molecule has 3 rings (SSSR count). The van der Waals surface area contributed by atoms with Crippen molar-refractivity contribution in [1.29, 1.82) is 0 Å². The van der Waals surface area contributed by atoms with Gasteiger partial charge in [0, 0.05) is 12.2 Å². The Labute approximate surface area is 138 Å². The van der Waals surface area contributed by atoms with E-state index in [9.17, 15) is 4.79 Å². The van der Waals surface area contributed by atoms with Crippen LogP contribution in [0.15, 0.2) is 18.3 Å². The predicted octanol–water partition coefficient (Wildman–Crippen LogP) is 4.05. The van der Waals surface area contributed by atoms with Gasteiger partial charge in [0.2, 0.25) is 0 Å². The Bertz CT molecular complexity index is 681. The molecule has 0 spiro atoms. The third-order valence-corrected chi connectivity index (χ3v) is 4.84. The number of rotatable bonds is 3. The van der Waals surface area contributed by atoms with Gasteiger partial charge in [0.1, 0.15) is 11.3 Å². The lowest BCUT2D eigenvalue weighted by Crippen LogP contribution is -2.36. The molecule has 2 aromatic heterocycles. The molecule has 1 fully saturated rings. The minimum atomic E-state index is 0.0313. The molecule has 2 heterocycles. The summed E-state index contributed by atoms with van der Waals surface area (Å²) in [7, 11) is 0. The molecule has 1 saturated carbocycles. The number of hydrogen-bond donors (Lipinski definition) is 1. The number of aromatic nitrogens is 2. The van der Waals surface area contributed by atoms with Crippen LogP contribution >= 0.6 is 0 Å². The molecule has 0 aliphatic heterocycles. The lowest BCUT2D eigenvalue weighted by atomic mass is 9.96. The average Bonchev–Trinajstić information content (AvgIpc) is 2.87. The Morgan fingerprint density at radius 1 is 1.26 bits per heavy atom. The van der Waals surface area contributed by atoms with Gasteiger partial charge in [0.05, 0.1) is 5.69 Å². The second kappa shape index (κ2) is 7.16. The van der Waals surface area contributed by atoms with E-state index in [4.69, 9.17) is 0 Å². The lowest BCUT2D eigenvalue weighted by molar-refractivity contribution is 0.0923. The molecule has 0 radical (unpaired) electrons. The first-order chi connectivity index (χ1) is 11.2. The first-order valence-electron chi connectivity index (χ1n) is 8.97. The van der Waals surface area contributed by atoms with Crippen LogP contribution in [-0.2, 0) is 6.42 Å². The summed E-state index contributed by atoms with van der Waals surface area (Å²) in [6, 6.07) is 4.37. The maximum Gasteiger partial charge on any atom is 0.270 e. The number of carbonyl (C=O) groups is 1. The van der Waals surface area contributed by atoms with Crippen LogP contribution in [-0.4, -0.2) is 21.3 Å². The molecule has 23 heavy (non-hydrogen) atoms. The molecule has 1 amide bonds. The topological polar surface area (TPSA) is 46.4 Å². The van der Waals surface area contributed by atoms with E-state index < -0.39 is 0 Å². The van der Waals surface area contributed by atoms with E-state index in [-0.39, 0.29) is 5.91 Å². The van der Waals surface area contributed by atoms with Gasteiger partial charge in [-0.05, 0) is 43.9 Å². The van der Waals surface area contributed by atoms with E-state index in [1.54, 1.807) is 0 Å². The molecule has 124 valence electrons. The molecule has 4 nitrogen and oxygen atoms in total. The minimum absolute atomic E-state index is 0.0313. The van der Waals surface area contributed by atoms with Gasteiger partial charge in [-0.25, -0.2) is 4.98 Å². The van der Waals surface area contributed by atoms with Gasteiger partial charge in [-0.15, -0.1) is 0 Å². The molecule has 2 aromatic rings. The second-order valence-corrected chi connectivity index (χ2v) is 6.71. The van der Waals surface area contributed by atoms with E-state index >= 15 is 0 Å². The van der Waals surface area contributed by atoms with Gasteiger partial charge >= 0.3 is 0 Å². The summed E-state index contributed by atoms with van der Waals surface area (Å²) < 4.78 is 1.93. The Hall–Kier alpha value is -1.84. The molecule has 1 aliphatic rings. The number of hydrogen-bond acceptors (Lipinski definition) is 2. The van der Waals surface area contributed by atoms with Gasteiger partial charge in [-0.2, -0.15) is 0 Å². The molecule has 1 aliphatic carbocycles. The molecular formula is C19H27N3O. The SMILES string of the molecule is CCc1nc2cc(C)ccn2c1C(=O)NC1CCCCCCC1. The number of pyridine rings is 1. The number of nitrogens with zero attached hydrogens (tertiary/aromatic N) is 2. The highest BCUT2D eigenvalue weighted by Gasteiger charge is 2.21. The molecule has 0 aromatic carbocycles. The summed E-state index contributed by atoms with van der Waals surface area (Å²) >= 11 is 0. The number of fused-ring (bicyclic) bond motifs is 1. The van der Waals surface area contributed by atoms with Crippen LogP contribution in [0.3, 0.4) is 0 Å². The Morgan fingerprint density at radius 2 is 1.96 bits per heavy atom. The second-order valence-electron chi connectivity index (χ2n) is 6.71. The van der Waals surface area contributed by atoms with E-state index in [0.29, 0.717) is 11.7 Å². The van der Waals surface area contributed by atoms with Crippen molar-refractivity contribution in [3.8, 4) is 0 Å². The number of aryl methyl sites for hydroxylation is 2. The smallest absolute Gasteiger partial charge is 0.270 e. The maximum absolute atomic E-state index is 12.9. The summed E-state index contributed by atoms with van der Waals surface area (Å²) in [5.41, 5.74) is 3.63. The summed E-state index contributed by atoms with van der Waals surface area (Å²) in [4.78, 5) is 17.5. The van der Waals surface area contributed by atoms with Crippen LogP contribution in [0.5, 0.6) is 0 Å². The van der Waals surface area contributed by atoms with Crippen LogP contribution < -0.4 is 5.32 Å². The molecule has 4 heteroatoms. The standard InChI is InChI=1S/C19H27N3O/c1-3-16-18(22-12-11-14(2)13-17(22)21-16)19(23)20-15-9-7-5-4-6-8-10-15/h11-13,15H,3-10H2,1-2H3,(H,20,23). The van der Waals surface area contributed by atoms with Crippen molar-refractivity contribution in [2.24, 2.45) is 0 Å². The third-order valence-electron chi connectivity index (χ3n) is 4.84. The van der Waals surface area contributed by atoms with Gasteiger partial charge in [-0.1, -0.05) is 39.0 Å². The zero-order chi connectivity index (χ0) is 16.2. The third kappa shape index (κ3) is 3.57. The van der Waals surface area contributed by atoms with Crippen LogP contribution in [0.25, 0.3) is 5.65 Å². The number of amides is 1. The predicted molar refractivity (Wildman–Crippen MR) is 92.9 cm³/mol. The monoisotopic (exact) mass is 313 g/mol. The summed E-state index contributed by atoms with van der Waals surface area (Å²) in [6.07, 6.45) is 11.3. The largest absolute Gasteiger partial charge is 0.348 e. The van der Waals surface area contributed by atoms with E-state index in [1.807, 2.05) is 22.7 Å². The Balaban J connectivity index is 1.84. The quantitative estimate of drug-likeness (QED) is 0.929. The van der Waals surface area contributed by atoms with Crippen molar-refractivity contribution in [1.82, 2.24) is 14.7 Å². The fourth-order valence-corrected chi connectivity index (χ4v) is 3.54. The summed E-state index contributed by atoms with van der Waals surface area (Å²) in [5, 5.41) is 3.27. The number of carbonyl (C=O) groups excluding carboxylic acids is 1. The molecular weight excluding hydrogens is 286 g/mol. The van der Waals surface area contributed by atoms with Gasteiger partial charge in [-0.3, -0.25) is 9.20 Å². The highest BCUT2D eigenvalue weighted by Crippen LogP contribution is 2.19. The van der Waals surface area contributed by atoms with Crippen molar-refractivity contribution in [3.05, 3.63) is 35.3 Å². The zero-order valence-corrected chi connectivity index (χ0v) is 14.3. The highest BCUT2D eigenvalue weighted by molar-refractivity contribution is 5.95. The van der Waals surface area contributed by atoms with Crippen LogP contribution in [0.4, 0.5) is 0 Å². The fraction of sp³-hybridized carbons (Fsp3) is 0.579. The van der Waals surface area contributed by atoms with E-state index in [2.05, 4.69) is 24.1 Å². The first-order valence-corrected chi connectivity index (χ1v) is 8.97. The van der Waals surface area contributed by atoms with E-state index in [1.165, 1.54) is 32.1 Å². The first kappa shape index (κ1) is 16.0. The number of nitrogens with one attached hydrogen (secondary N) is 1. The summed E-state index contributed by atoms with van der Waals surface area (Å²) in [6.45, 7) is 4.11. The molecule has 0 unspecified atom stereocenters. The van der Waals surface area contributed by atoms with Crippen molar-refractivity contribution in [3.63, 3.8) is 0 Å². The Kier molecular flexibility index (Phi) is 4.99. The zero-order valence-electron chi connectivity index (χ0n) is 14.3. The van der Waals surface area contributed by atoms with Crippen molar-refractivity contribution < 1.29 is 4.79 Å². The molecule has 0 atom stereocenters. The van der Waals surface area contributed by atoms with Gasteiger partial charge in [0.15, 0.2) is 0 Å². The van der Waals surface area contributed by atoms with Crippen molar-refractivity contribution >= 4 is 11.6 Å². The molecule has 1 N–H and O–H groups in total. The lowest BCUT2D eigenvalue weighted by Gasteiger charge is -2.21. The van der Waals surface area contributed by atoms with Crippen LogP contribution in [0.2, 0.25) is 0 Å². The summed E-state index contributed by atoms with van der Waals surface area (Å²) in [5.74, 6) is 0.0313. The maximum atomic E-state index is 12.9. The van der Waals surface area contributed by atoms with E-state index in [0.717, 1.165) is 36.2 Å². The molecule has 0 saturated heterocycles. The number of imidazole rings is 1.